The number of benzene rings is 2. The number of carbonyl (C=O) groups excluding carboxylic acids is 1. The Labute approximate surface area is 178 Å². The Hall–Kier alpha value is -2.90. The second-order valence-corrected chi connectivity index (χ2v) is 7.60. The van der Waals surface area contributed by atoms with Crippen molar-refractivity contribution in [3.63, 3.8) is 0 Å². The van der Waals surface area contributed by atoms with Crippen molar-refractivity contribution in [2.75, 3.05) is 14.2 Å². The Kier molecular flexibility index (Phi) is 6.85. The first-order valence-corrected chi connectivity index (χ1v) is 9.96. The summed E-state index contributed by atoms with van der Waals surface area (Å²) in [6.45, 7) is 2.44. The van der Waals surface area contributed by atoms with Gasteiger partial charge < -0.3 is 14.8 Å². The third-order valence-electron chi connectivity index (χ3n) is 4.06. The lowest BCUT2D eigenvalue weighted by atomic mass is 10.1. The Morgan fingerprint density at radius 1 is 1.07 bits per heavy atom. The number of aromatic nitrogens is 2. The summed E-state index contributed by atoms with van der Waals surface area (Å²) in [5.74, 6) is 1.00. The first kappa shape index (κ1) is 20.8. The lowest BCUT2D eigenvalue weighted by Gasteiger charge is -2.06. The van der Waals surface area contributed by atoms with E-state index in [1.807, 2.05) is 43.3 Å². The SMILES string of the molecule is COc1cc(/C=C(\Cl)c2nnc(C(=O)NCc3ccc(C)cc3)s2)cc(OC)c1. The van der Waals surface area contributed by atoms with Crippen LogP contribution >= 0.6 is 22.9 Å². The summed E-state index contributed by atoms with van der Waals surface area (Å²) in [6, 6.07) is 13.4. The van der Waals surface area contributed by atoms with Crippen molar-refractivity contribution in [1.82, 2.24) is 15.5 Å². The normalized spacial score (nSPS) is 11.2. The largest absolute Gasteiger partial charge is 0.497 e. The molecule has 2 aromatic carbocycles. The van der Waals surface area contributed by atoms with Crippen molar-refractivity contribution in [3.05, 3.63) is 69.2 Å². The maximum atomic E-state index is 12.3. The fourth-order valence-electron chi connectivity index (χ4n) is 2.50. The molecule has 1 heterocycles. The van der Waals surface area contributed by atoms with Crippen molar-refractivity contribution >= 4 is 40.0 Å². The number of carbonyl (C=O) groups is 1. The minimum atomic E-state index is -0.290. The van der Waals surface area contributed by atoms with Crippen molar-refractivity contribution in [2.24, 2.45) is 0 Å². The molecule has 0 aliphatic heterocycles. The highest BCUT2D eigenvalue weighted by molar-refractivity contribution is 7.15. The maximum Gasteiger partial charge on any atom is 0.282 e. The fourth-order valence-corrected chi connectivity index (χ4v) is 3.44. The molecule has 0 fully saturated rings. The van der Waals surface area contributed by atoms with Gasteiger partial charge in [-0.1, -0.05) is 52.8 Å². The molecule has 29 heavy (non-hydrogen) atoms. The van der Waals surface area contributed by atoms with Crippen LogP contribution in [0.1, 0.15) is 31.5 Å². The number of nitrogens with zero attached hydrogens (tertiary/aromatic N) is 2. The van der Waals surface area contributed by atoms with E-state index < -0.39 is 0 Å². The van der Waals surface area contributed by atoms with E-state index in [9.17, 15) is 4.79 Å². The average molecular weight is 430 g/mol. The molecule has 0 spiro atoms. The van der Waals surface area contributed by atoms with Crippen LogP contribution in [0.4, 0.5) is 0 Å². The molecule has 8 heteroatoms. The van der Waals surface area contributed by atoms with E-state index >= 15 is 0 Å². The van der Waals surface area contributed by atoms with E-state index in [-0.39, 0.29) is 10.9 Å². The van der Waals surface area contributed by atoms with Crippen LogP contribution in [0.15, 0.2) is 42.5 Å². The molecule has 1 N–H and O–H groups in total. The zero-order valence-electron chi connectivity index (χ0n) is 16.2. The van der Waals surface area contributed by atoms with Crippen LogP contribution < -0.4 is 14.8 Å². The van der Waals surface area contributed by atoms with Crippen molar-refractivity contribution in [1.29, 1.82) is 0 Å². The standard InChI is InChI=1S/C21H20ClN3O3S/c1-13-4-6-14(7-5-13)12-23-19(26)21-25-24-20(29-21)18(22)10-15-8-16(27-2)11-17(9-15)28-3/h4-11H,12H2,1-3H3,(H,23,26)/b18-10-. The molecule has 0 aliphatic carbocycles. The summed E-state index contributed by atoms with van der Waals surface area (Å²) in [5, 5.41) is 11.9. The monoisotopic (exact) mass is 429 g/mol. The van der Waals surface area contributed by atoms with Crippen molar-refractivity contribution in [2.45, 2.75) is 13.5 Å². The number of rotatable bonds is 7. The van der Waals surface area contributed by atoms with Crippen LogP contribution in [-0.4, -0.2) is 30.3 Å². The summed E-state index contributed by atoms with van der Waals surface area (Å²) < 4.78 is 10.5. The maximum absolute atomic E-state index is 12.3. The Balaban J connectivity index is 1.70. The van der Waals surface area contributed by atoms with Gasteiger partial charge in [0.1, 0.15) is 11.5 Å². The number of methoxy groups -OCH3 is 2. The van der Waals surface area contributed by atoms with E-state index in [2.05, 4.69) is 15.5 Å². The van der Waals surface area contributed by atoms with Crippen LogP contribution in [-0.2, 0) is 6.54 Å². The molecule has 0 bridgehead atoms. The smallest absolute Gasteiger partial charge is 0.282 e. The number of hydrogen-bond donors (Lipinski definition) is 1. The summed E-state index contributed by atoms with van der Waals surface area (Å²) in [6.07, 6.45) is 1.72. The molecule has 3 rings (SSSR count). The average Bonchev–Trinajstić information content (AvgIpc) is 3.23. The highest BCUT2D eigenvalue weighted by Gasteiger charge is 2.14. The summed E-state index contributed by atoms with van der Waals surface area (Å²) in [5.41, 5.74) is 2.97. The molecule has 3 aromatic rings. The zero-order valence-corrected chi connectivity index (χ0v) is 17.8. The van der Waals surface area contributed by atoms with Gasteiger partial charge >= 0.3 is 0 Å². The van der Waals surface area contributed by atoms with Gasteiger partial charge in [0, 0.05) is 12.6 Å². The summed E-state index contributed by atoms with van der Waals surface area (Å²) in [7, 11) is 3.16. The van der Waals surface area contributed by atoms with Gasteiger partial charge in [-0.15, -0.1) is 10.2 Å². The summed E-state index contributed by atoms with van der Waals surface area (Å²) >= 11 is 7.52. The molecule has 1 aromatic heterocycles. The van der Waals surface area contributed by atoms with Crippen LogP contribution in [0.2, 0.25) is 0 Å². The molecule has 0 unspecified atom stereocenters. The van der Waals surface area contributed by atoms with Crippen LogP contribution in [0.3, 0.4) is 0 Å². The van der Waals surface area contributed by atoms with Gasteiger partial charge in [-0.25, -0.2) is 0 Å². The third-order valence-corrected chi connectivity index (χ3v) is 5.42. The van der Waals surface area contributed by atoms with Gasteiger partial charge in [-0.05, 0) is 36.3 Å². The van der Waals surface area contributed by atoms with Crippen molar-refractivity contribution in [3.8, 4) is 11.5 Å². The predicted molar refractivity (Wildman–Crippen MR) is 116 cm³/mol. The van der Waals surface area contributed by atoms with E-state index in [1.54, 1.807) is 26.4 Å². The van der Waals surface area contributed by atoms with Crippen molar-refractivity contribution < 1.29 is 14.3 Å². The molecule has 6 nitrogen and oxygen atoms in total. The van der Waals surface area contributed by atoms with E-state index in [4.69, 9.17) is 21.1 Å². The van der Waals surface area contributed by atoms with E-state index in [0.717, 1.165) is 22.5 Å². The predicted octanol–water partition coefficient (Wildman–Crippen LogP) is 4.53. The number of aryl methyl sites for hydroxylation is 1. The number of halogens is 1. The highest BCUT2D eigenvalue weighted by Crippen LogP contribution is 2.29. The molecule has 150 valence electrons. The number of hydrogen-bond acceptors (Lipinski definition) is 6. The van der Waals surface area contributed by atoms with E-state index in [0.29, 0.717) is 28.1 Å². The first-order valence-electron chi connectivity index (χ1n) is 8.76. The second kappa shape index (κ2) is 9.54. The first-order chi connectivity index (χ1) is 14.0. The molecule has 0 saturated carbocycles. The lowest BCUT2D eigenvalue weighted by molar-refractivity contribution is 0.0950. The minimum Gasteiger partial charge on any atom is -0.497 e. The molecule has 0 atom stereocenters. The Bertz CT molecular complexity index is 1010. The third kappa shape index (κ3) is 5.56. The number of amides is 1. The highest BCUT2D eigenvalue weighted by atomic mass is 35.5. The summed E-state index contributed by atoms with van der Waals surface area (Å²) in [4.78, 5) is 12.3. The number of nitrogens with one attached hydrogen (secondary N) is 1. The van der Waals surface area contributed by atoms with Crippen LogP contribution in [0.25, 0.3) is 11.1 Å². The Morgan fingerprint density at radius 3 is 2.31 bits per heavy atom. The van der Waals surface area contributed by atoms with Crippen LogP contribution in [0.5, 0.6) is 11.5 Å². The molecule has 0 saturated heterocycles. The topological polar surface area (TPSA) is 73.3 Å². The molecular formula is C21H20ClN3O3S. The van der Waals surface area contributed by atoms with Gasteiger partial charge in [0.2, 0.25) is 5.01 Å². The van der Waals surface area contributed by atoms with E-state index in [1.165, 1.54) is 5.56 Å². The van der Waals surface area contributed by atoms with Crippen LogP contribution in [0, 0.1) is 6.92 Å². The zero-order chi connectivity index (χ0) is 20.8. The quantitative estimate of drug-likeness (QED) is 0.597. The van der Waals surface area contributed by atoms with Gasteiger partial charge in [-0.3, -0.25) is 4.79 Å². The van der Waals surface area contributed by atoms with Gasteiger partial charge in [0.15, 0.2) is 5.01 Å². The fraction of sp³-hybridized carbons (Fsp3) is 0.190. The minimum absolute atomic E-state index is 0.252. The Morgan fingerprint density at radius 2 is 1.69 bits per heavy atom. The lowest BCUT2D eigenvalue weighted by Crippen LogP contribution is -2.22. The number of ether oxygens (including phenoxy) is 2. The van der Waals surface area contributed by atoms with Gasteiger partial charge in [0.05, 0.1) is 19.3 Å². The van der Waals surface area contributed by atoms with Gasteiger partial charge in [-0.2, -0.15) is 0 Å². The second-order valence-electron chi connectivity index (χ2n) is 6.22. The molecule has 1 amide bonds. The van der Waals surface area contributed by atoms with Gasteiger partial charge in [0.25, 0.3) is 5.91 Å². The molecule has 0 radical (unpaired) electrons. The molecule has 0 aliphatic rings. The molecular weight excluding hydrogens is 410 g/mol.